The van der Waals surface area contributed by atoms with Crippen molar-refractivity contribution in [2.75, 3.05) is 26.2 Å². The molecule has 0 aliphatic carbocycles. The van der Waals surface area contributed by atoms with Crippen LogP contribution in [-0.4, -0.2) is 62.3 Å². The van der Waals surface area contributed by atoms with Gasteiger partial charge in [-0.05, 0) is 32.0 Å². The molecular weight excluding hydrogens is 380 g/mol. The Balaban J connectivity index is 1.48. The maximum atomic E-state index is 12.8. The lowest BCUT2D eigenvalue weighted by Gasteiger charge is -2.30. The summed E-state index contributed by atoms with van der Waals surface area (Å²) < 4.78 is 0. The number of H-pyrrole nitrogens is 1. The first-order valence-electron chi connectivity index (χ1n) is 9.81. The number of carbonyl (C=O) groups excluding carboxylic acids is 1. The van der Waals surface area contributed by atoms with Gasteiger partial charge in [-0.15, -0.1) is 0 Å². The maximum Gasteiger partial charge on any atom is 0.224 e. The lowest BCUT2D eigenvalue weighted by atomic mass is 10.00. The first-order chi connectivity index (χ1) is 13.5. The van der Waals surface area contributed by atoms with Gasteiger partial charge in [0.25, 0.3) is 0 Å². The Hall–Kier alpha value is -2.25. The number of hydrogen-bond acceptors (Lipinski definition) is 5. The van der Waals surface area contributed by atoms with Gasteiger partial charge in [0.2, 0.25) is 5.91 Å². The monoisotopic (exact) mass is 404 g/mol. The van der Waals surface area contributed by atoms with Crippen LogP contribution >= 0.6 is 11.6 Å². The molecular formula is C20H25ClN4O3. The number of nitrogens with one attached hydrogen (secondary N) is 1. The second-order valence-corrected chi connectivity index (χ2v) is 7.97. The van der Waals surface area contributed by atoms with Crippen molar-refractivity contribution in [1.29, 1.82) is 0 Å². The van der Waals surface area contributed by atoms with E-state index in [1.54, 1.807) is 0 Å². The summed E-state index contributed by atoms with van der Waals surface area (Å²) in [7, 11) is 0. The number of aromatic nitrogens is 2. The second kappa shape index (κ2) is 8.01. The molecule has 8 heteroatoms. The number of halogens is 1. The molecule has 1 amide bonds. The zero-order chi connectivity index (χ0) is 19.7. The van der Waals surface area contributed by atoms with Crippen molar-refractivity contribution in [1.82, 2.24) is 20.0 Å². The Morgan fingerprint density at radius 1 is 1.14 bits per heavy atom. The number of nitrogens with zero attached hydrogens (tertiary/aromatic N) is 3. The standard InChI is InChI=1S/C20H25ClN4O3/c21-15-10-13(17(26)11-18(15)27)20-14-12-25(9-4-16(14)22-23-20)19(28)5-8-24-6-2-1-3-7-24/h10-11,26-27H,1-9,12H2,(H,22,23). The van der Waals surface area contributed by atoms with Gasteiger partial charge in [-0.2, -0.15) is 5.10 Å². The Kier molecular flexibility index (Phi) is 5.46. The fraction of sp³-hybridized carbons (Fsp3) is 0.500. The summed E-state index contributed by atoms with van der Waals surface area (Å²) in [5.41, 5.74) is 2.89. The molecule has 0 bridgehead atoms. The number of benzene rings is 1. The number of aromatic hydroxyl groups is 2. The molecule has 1 saturated heterocycles. The predicted octanol–water partition coefficient (Wildman–Crippen LogP) is 2.90. The van der Waals surface area contributed by atoms with Crippen LogP contribution in [0.5, 0.6) is 11.5 Å². The van der Waals surface area contributed by atoms with Crippen LogP contribution in [0.15, 0.2) is 12.1 Å². The summed E-state index contributed by atoms with van der Waals surface area (Å²) in [5, 5.41) is 27.4. The molecule has 0 atom stereocenters. The van der Waals surface area contributed by atoms with E-state index in [0.29, 0.717) is 37.2 Å². The molecule has 1 aromatic carbocycles. The molecule has 0 saturated carbocycles. The van der Waals surface area contributed by atoms with Gasteiger partial charge in [-0.3, -0.25) is 9.89 Å². The molecule has 1 fully saturated rings. The van der Waals surface area contributed by atoms with Gasteiger partial charge in [0.15, 0.2) is 0 Å². The van der Waals surface area contributed by atoms with E-state index in [-0.39, 0.29) is 22.4 Å². The van der Waals surface area contributed by atoms with Crippen LogP contribution in [0.1, 0.15) is 36.9 Å². The van der Waals surface area contributed by atoms with Crippen molar-refractivity contribution in [3.63, 3.8) is 0 Å². The predicted molar refractivity (Wildman–Crippen MR) is 106 cm³/mol. The third-order valence-corrected chi connectivity index (χ3v) is 6.00. The molecule has 1 aromatic heterocycles. The number of amides is 1. The zero-order valence-electron chi connectivity index (χ0n) is 15.7. The summed E-state index contributed by atoms with van der Waals surface area (Å²) in [6.45, 7) is 4.11. The van der Waals surface area contributed by atoms with Crippen LogP contribution in [-0.2, 0) is 17.8 Å². The average molecular weight is 405 g/mol. The van der Waals surface area contributed by atoms with Crippen LogP contribution < -0.4 is 0 Å². The maximum absolute atomic E-state index is 12.8. The fourth-order valence-electron chi connectivity index (χ4n) is 4.07. The minimum atomic E-state index is -0.179. The van der Waals surface area contributed by atoms with E-state index in [4.69, 9.17) is 11.6 Å². The molecule has 3 N–H and O–H groups in total. The molecule has 0 radical (unpaired) electrons. The van der Waals surface area contributed by atoms with Crippen molar-refractivity contribution < 1.29 is 15.0 Å². The molecule has 2 aromatic rings. The summed E-state index contributed by atoms with van der Waals surface area (Å²) >= 11 is 6.01. The van der Waals surface area contributed by atoms with E-state index in [1.807, 2.05) is 4.90 Å². The van der Waals surface area contributed by atoms with E-state index >= 15 is 0 Å². The minimum absolute atomic E-state index is 0.0928. The highest BCUT2D eigenvalue weighted by atomic mass is 35.5. The van der Waals surface area contributed by atoms with Crippen LogP contribution in [0.4, 0.5) is 0 Å². The molecule has 0 unspecified atom stereocenters. The number of phenols is 2. The van der Waals surface area contributed by atoms with E-state index in [0.717, 1.165) is 30.9 Å². The summed E-state index contributed by atoms with van der Waals surface area (Å²) in [4.78, 5) is 17.0. The fourth-order valence-corrected chi connectivity index (χ4v) is 4.23. The van der Waals surface area contributed by atoms with Crippen LogP contribution in [0.3, 0.4) is 0 Å². The lowest BCUT2D eigenvalue weighted by molar-refractivity contribution is -0.132. The number of carbonyl (C=O) groups is 1. The van der Waals surface area contributed by atoms with Crippen molar-refractivity contribution in [2.45, 2.75) is 38.6 Å². The SMILES string of the molecule is O=C(CCN1CCCCC1)N1CCc2[nH]nc(-c3cc(Cl)c(O)cc3O)c2C1. The molecule has 4 rings (SSSR count). The van der Waals surface area contributed by atoms with Gasteiger partial charge in [-0.1, -0.05) is 18.0 Å². The van der Waals surface area contributed by atoms with Gasteiger partial charge in [-0.25, -0.2) is 0 Å². The van der Waals surface area contributed by atoms with Gasteiger partial charge < -0.3 is 20.0 Å². The number of rotatable bonds is 4. The molecule has 150 valence electrons. The zero-order valence-corrected chi connectivity index (χ0v) is 16.5. The van der Waals surface area contributed by atoms with E-state index in [9.17, 15) is 15.0 Å². The first-order valence-corrected chi connectivity index (χ1v) is 10.2. The highest BCUT2D eigenvalue weighted by Gasteiger charge is 2.27. The Bertz CT molecular complexity index is 877. The van der Waals surface area contributed by atoms with Crippen molar-refractivity contribution >= 4 is 17.5 Å². The molecule has 2 aliphatic heterocycles. The van der Waals surface area contributed by atoms with Gasteiger partial charge in [0, 0.05) is 55.4 Å². The van der Waals surface area contributed by atoms with Crippen LogP contribution in [0.25, 0.3) is 11.3 Å². The lowest BCUT2D eigenvalue weighted by Crippen LogP contribution is -2.39. The van der Waals surface area contributed by atoms with E-state index in [2.05, 4.69) is 15.1 Å². The van der Waals surface area contributed by atoms with Crippen molar-refractivity contribution in [3.8, 4) is 22.8 Å². The quantitative estimate of drug-likeness (QED) is 0.728. The normalized spacial score (nSPS) is 17.5. The van der Waals surface area contributed by atoms with Crippen LogP contribution in [0.2, 0.25) is 5.02 Å². The second-order valence-electron chi connectivity index (χ2n) is 7.57. The summed E-state index contributed by atoms with van der Waals surface area (Å²) in [6.07, 6.45) is 4.95. The van der Waals surface area contributed by atoms with Gasteiger partial charge in [0.05, 0.1) is 5.02 Å². The largest absolute Gasteiger partial charge is 0.507 e. The minimum Gasteiger partial charge on any atom is -0.507 e. The molecule has 3 heterocycles. The Morgan fingerprint density at radius 2 is 1.93 bits per heavy atom. The number of fused-ring (bicyclic) bond motifs is 1. The van der Waals surface area contributed by atoms with Crippen molar-refractivity contribution in [3.05, 3.63) is 28.4 Å². The van der Waals surface area contributed by atoms with Gasteiger partial charge in [0.1, 0.15) is 17.2 Å². The highest BCUT2D eigenvalue weighted by Crippen LogP contribution is 2.39. The third-order valence-electron chi connectivity index (χ3n) is 5.70. The summed E-state index contributed by atoms with van der Waals surface area (Å²) in [5.74, 6) is -0.122. The van der Waals surface area contributed by atoms with E-state index < -0.39 is 0 Å². The molecule has 7 nitrogen and oxygen atoms in total. The molecule has 2 aliphatic rings. The molecule has 0 spiro atoms. The number of aromatic amines is 1. The Morgan fingerprint density at radius 3 is 2.71 bits per heavy atom. The van der Waals surface area contributed by atoms with Gasteiger partial charge >= 0.3 is 0 Å². The first kappa shape index (κ1) is 19.1. The molecule has 28 heavy (non-hydrogen) atoms. The summed E-state index contributed by atoms with van der Waals surface area (Å²) in [6, 6.07) is 2.71. The van der Waals surface area contributed by atoms with Crippen molar-refractivity contribution in [2.24, 2.45) is 0 Å². The topological polar surface area (TPSA) is 92.7 Å². The number of piperidine rings is 1. The van der Waals surface area contributed by atoms with Crippen LogP contribution in [0, 0.1) is 0 Å². The number of phenolic OH excluding ortho intramolecular Hbond substituents is 2. The number of hydrogen-bond donors (Lipinski definition) is 3. The smallest absolute Gasteiger partial charge is 0.224 e. The van der Waals surface area contributed by atoms with E-state index in [1.165, 1.54) is 31.4 Å². The number of likely N-dealkylation sites (tertiary alicyclic amines) is 1. The Labute approximate surface area is 168 Å². The highest BCUT2D eigenvalue weighted by molar-refractivity contribution is 6.32. The average Bonchev–Trinajstić information content (AvgIpc) is 3.12. The third kappa shape index (κ3) is 3.82.